The summed E-state index contributed by atoms with van der Waals surface area (Å²) >= 11 is 0. The molecular formula is C9H15N5O2. The number of hydrogen-bond donors (Lipinski definition) is 3. The van der Waals surface area contributed by atoms with Crippen LogP contribution in [-0.2, 0) is 11.3 Å². The van der Waals surface area contributed by atoms with Crippen LogP contribution < -0.4 is 17.0 Å². The molecule has 0 aliphatic heterocycles. The lowest BCUT2D eigenvalue weighted by atomic mass is 10.4. The van der Waals surface area contributed by atoms with Gasteiger partial charge in [-0.3, -0.25) is 10.5 Å². The summed E-state index contributed by atoms with van der Waals surface area (Å²) in [6.45, 7) is 2.43. The molecule has 16 heavy (non-hydrogen) atoms. The second kappa shape index (κ2) is 5.76. The number of hydrogen-bond acceptors (Lipinski definition) is 6. The van der Waals surface area contributed by atoms with E-state index in [4.69, 9.17) is 16.3 Å². The molecule has 1 aromatic rings. The molecule has 0 bridgehead atoms. The lowest BCUT2D eigenvalue weighted by Gasteiger charge is -2.01. The van der Waals surface area contributed by atoms with Crippen LogP contribution in [0.15, 0.2) is 24.3 Å². The largest absolute Gasteiger partial charge is 0.462 e. The van der Waals surface area contributed by atoms with E-state index in [1.54, 1.807) is 13.1 Å². The van der Waals surface area contributed by atoms with E-state index < -0.39 is 5.97 Å². The Labute approximate surface area is 93.0 Å². The highest BCUT2D eigenvalue weighted by Crippen LogP contribution is 2.01. The second-order valence-corrected chi connectivity index (χ2v) is 3.03. The van der Waals surface area contributed by atoms with E-state index in [0.717, 1.165) is 0 Å². The minimum absolute atomic E-state index is 0.336. The molecule has 5 N–H and O–H groups in total. The molecule has 0 aliphatic rings. The number of nitrogens with two attached hydrogens (primary N) is 2. The van der Waals surface area contributed by atoms with Crippen LogP contribution in [0.1, 0.15) is 17.3 Å². The summed E-state index contributed by atoms with van der Waals surface area (Å²) in [7, 11) is 0. The van der Waals surface area contributed by atoms with Gasteiger partial charge in [-0.15, -0.1) is 0 Å². The molecule has 0 saturated carbocycles. The average Bonchev–Trinajstić information content (AvgIpc) is 2.67. The fourth-order valence-electron chi connectivity index (χ4n) is 1.11. The summed E-state index contributed by atoms with van der Waals surface area (Å²) < 4.78 is 6.35. The molecule has 88 valence electrons. The zero-order chi connectivity index (χ0) is 12.0. The first-order valence-electron chi connectivity index (χ1n) is 4.77. The number of rotatable bonds is 5. The van der Waals surface area contributed by atoms with Gasteiger partial charge in [-0.1, -0.05) is 0 Å². The molecule has 0 aliphatic carbocycles. The number of carbonyl (C=O) groups is 1. The van der Waals surface area contributed by atoms with E-state index in [-0.39, 0.29) is 0 Å². The molecule has 1 aromatic heterocycles. The Balaban J connectivity index is 2.64. The van der Waals surface area contributed by atoms with Crippen molar-refractivity contribution >= 4 is 5.97 Å². The molecule has 0 spiro atoms. The molecule has 0 unspecified atom stereocenters. The first-order valence-corrected chi connectivity index (χ1v) is 4.77. The lowest BCUT2D eigenvalue weighted by Crippen LogP contribution is -2.19. The van der Waals surface area contributed by atoms with E-state index in [0.29, 0.717) is 24.4 Å². The second-order valence-electron chi connectivity index (χ2n) is 3.03. The SMILES string of the molecule is CCOC(=O)c1cnn(C/C(N)=C/NN)c1. The molecule has 0 fully saturated rings. The molecule has 7 heteroatoms. The van der Waals surface area contributed by atoms with Gasteiger partial charge >= 0.3 is 5.97 Å². The zero-order valence-electron chi connectivity index (χ0n) is 9.01. The third-order valence-electron chi connectivity index (χ3n) is 1.76. The zero-order valence-corrected chi connectivity index (χ0v) is 9.01. The van der Waals surface area contributed by atoms with Crippen molar-refractivity contribution in [2.45, 2.75) is 13.5 Å². The number of nitrogens with zero attached hydrogens (tertiary/aromatic N) is 2. The van der Waals surface area contributed by atoms with E-state index in [1.807, 2.05) is 0 Å². The lowest BCUT2D eigenvalue weighted by molar-refractivity contribution is 0.0526. The van der Waals surface area contributed by atoms with Crippen LogP contribution in [-0.4, -0.2) is 22.4 Å². The van der Waals surface area contributed by atoms with Crippen LogP contribution >= 0.6 is 0 Å². The van der Waals surface area contributed by atoms with Crippen LogP contribution in [0.25, 0.3) is 0 Å². The number of esters is 1. The number of allylic oxidation sites excluding steroid dienone is 1. The van der Waals surface area contributed by atoms with E-state index in [1.165, 1.54) is 17.1 Å². The van der Waals surface area contributed by atoms with E-state index in [9.17, 15) is 4.79 Å². The topological polar surface area (TPSA) is 108 Å². The predicted molar refractivity (Wildman–Crippen MR) is 57.8 cm³/mol. The maximum atomic E-state index is 11.3. The molecule has 1 rings (SSSR count). The van der Waals surface area contributed by atoms with Gasteiger partial charge < -0.3 is 15.9 Å². The fraction of sp³-hybridized carbons (Fsp3) is 0.333. The molecular weight excluding hydrogens is 210 g/mol. The Bertz CT molecular complexity index is 385. The van der Waals surface area contributed by atoms with E-state index in [2.05, 4.69) is 10.5 Å². The van der Waals surface area contributed by atoms with Gasteiger partial charge in [-0.25, -0.2) is 4.79 Å². The van der Waals surface area contributed by atoms with Gasteiger partial charge in [0.2, 0.25) is 0 Å². The third kappa shape index (κ3) is 3.28. The number of nitrogens with one attached hydrogen (secondary N) is 1. The number of hydrazine groups is 1. The van der Waals surface area contributed by atoms with Gasteiger partial charge in [0.25, 0.3) is 0 Å². The van der Waals surface area contributed by atoms with Crippen LogP contribution in [0.4, 0.5) is 0 Å². The summed E-state index contributed by atoms with van der Waals surface area (Å²) in [6.07, 6.45) is 4.45. The molecule has 7 nitrogen and oxygen atoms in total. The average molecular weight is 225 g/mol. The summed E-state index contributed by atoms with van der Waals surface area (Å²) in [6, 6.07) is 0. The summed E-state index contributed by atoms with van der Waals surface area (Å²) in [5.74, 6) is 4.67. The Kier molecular flexibility index (Phi) is 4.34. The number of carbonyl (C=O) groups excluding carboxylic acids is 1. The van der Waals surface area contributed by atoms with Crippen molar-refractivity contribution in [3.8, 4) is 0 Å². The van der Waals surface area contributed by atoms with Crippen LogP contribution in [0.2, 0.25) is 0 Å². The van der Waals surface area contributed by atoms with Crippen molar-refractivity contribution in [2.75, 3.05) is 6.61 Å². The number of aromatic nitrogens is 2. The Morgan fingerprint density at radius 3 is 3.12 bits per heavy atom. The van der Waals surface area contributed by atoms with Crippen molar-refractivity contribution in [1.82, 2.24) is 15.2 Å². The normalized spacial score (nSPS) is 11.2. The summed E-state index contributed by atoms with van der Waals surface area (Å²) in [4.78, 5) is 11.3. The monoisotopic (exact) mass is 225 g/mol. The summed E-state index contributed by atoms with van der Waals surface area (Å²) in [5.41, 5.74) is 8.82. The molecule has 0 saturated heterocycles. The van der Waals surface area contributed by atoms with Crippen LogP contribution in [0, 0.1) is 0 Å². The van der Waals surface area contributed by atoms with Crippen LogP contribution in [0.5, 0.6) is 0 Å². The first-order chi connectivity index (χ1) is 7.67. The first kappa shape index (κ1) is 12.1. The van der Waals surface area contributed by atoms with Gasteiger partial charge in [0.1, 0.15) is 0 Å². The highest BCUT2D eigenvalue weighted by atomic mass is 16.5. The van der Waals surface area contributed by atoms with Crippen molar-refractivity contribution in [3.05, 3.63) is 29.9 Å². The fourth-order valence-corrected chi connectivity index (χ4v) is 1.11. The minimum Gasteiger partial charge on any atom is -0.462 e. The molecule has 1 heterocycles. The highest BCUT2D eigenvalue weighted by Gasteiger charge is 2.09. The Morgan fingerprint density at radius 2 is 2.50 bits per heavy atom. The third-order valence-corrected chi connectivity index (χ3v) is 1.76. The molecule has 0 atom stereocenters. The van der Waals surface area contributed by atoms with Crippen molar-refractivity contribution in [1.29, 1.82) is 0 Å². The van der Waals surface area contributed by atoms with Crippen molar-refractivity contribution in [2.24, 2.45) is 11.6 Å². The van der Waals surface area contributed by atoms with Gasteiger partial charge in [0.05, 0.1) is 24.9 Å². The van der Waals surface area contributed by atoms with Crippen molar-refractivity contribution in [3.63, 3.8) is 0 Å². The maximum absolute atomic E-state index is 11.3. The smallest absolute Gasteiger partial charge is 0.341 e. The predicted octanol–water partition coefficient (Wildman–Crippen LogP) is -0.677. The van der Waals surface area contributed by atoms with Crippen molar-refractivity contribution < 1.29 is 9.53 Å². The Morgan fingerprint density at radius 1 is 1.75 bits per heavy atom. The standard InChI is InChI=1S/C9H15N5O2/c1-2-16-9(15)7-3-13-14(5-7)6-8(10)4-12-11/h3-5,12H,2,6,10-11H2,1H3/b8-4-. The molecule has 0 radical (unpaired) electrons. The molecule has 0 amide bonds. The highest BCUT2D eigenvalue weighted by molar-refractivity contribution is 5.88. The van der Waals surface area contributed by atoms with Gasteiger partial charge in [0.15, 0.2) is 0 Å². The minimum atomic E-state index is -0.395. The number of ether oxygens (including phenoxy) is 1. The van der Waals surface area contributed by atoms with E-state index >= 15 is 0 Å². The van der Waals surface area contributed by atoms with Gasteiger partial charge in [-0.05, 0) is 6.92 Å². The maximum Gasteiger partial charge on any atom is 0.341 e. The molecule has 0 aromatic carbocycles. The van der Waals surface area contributed by atoms with Gasteiger partial charge in [0, 0.05) is 18.1 Å². The Hall–Kier alpha value is -2.02. The van der Waals surface area contributed by atoms with Crippen LogP contribution in [0.3, 0.4) is 0 Å². The quantitative estimate of drug-likeness (QED) is 0.348. The summed E-state index contributed by atoms with van der Waals surface area (Å²) in [5, 5.41) is 3.97. The van der Waals surface area contributed by atoms with Gasteiger partial charge in [-0.2, -0.15) is 5.10 Å².